The third-order valence-corrected chi connectivity index (χ3v) is 9.91. The van der Waals surface area contributed by atoms with Gasteiger partial charge in [0.1, 0.15) is 18.4 Å². The molecule has 0 aromatic carbocycles. The monoisotopic (exact) mass is 535 g/mol. The topological polar surface area (TPSA) is 125 Å². The summed E-state index contributed by atoms with van der Waals surface area (Å²) in [4.78, 5) is 24.3. The number of nitrogens with two attached hydrogens (primary N) is 2. The van der Waals surface area contributed by atoms with Gasteiger partial charge in [0.25, 0.3) is 0 Å². The van der Waals surface area contributed by atoms with Crippen molar-refractivity contribution < 1.29 is 34.2 Å². The molecule has 0 aromatic heterocycles. The van der Waals surface area contributed by atoms with E-state index in [2.05, 4.69) is 17.5 Å². The smallest absolute Gasteiger partial charge is 0.302 e. The lowest BCUT2D eigenvalue weighted by Crippen LogP contribution is -2.94. The summed E-state index contributed by atoms with van der Waals surface area (Å²) >= 11 is 0. The molecule has 8 heteroatoms. The maximum absolute atomic E-state index is 12.1. The minimum Gasteiger partial charge on any atom is -0.462 e. The van der Waals surface area contributed by atoms with E-state index in [1.54, 1.807) is 7.11 Å². The minimum atomic E-state index is -0.460. The van der Waals surface area contributed by atoms with Gasteiger partial charge in [-0.3, -0.25) is 15.3 Å². The molecule has 3 aliphatic carbocycles. The molecule has 1 saturated heterocycles. The van der Waals surface area contributed by atoms with Gasteiger partial charge in [0, 0.05) is 39.7 Å². The van der Waals surface area contributed by atoms with Crippen molar-refractivity contribution >= 4 is 11.9 Å². The molecule has 38 heavy (non-hydrogen) atoms. The van der Waals surface area contributed by atoms with Gasteiger partial charge >= 0.3 is 11.9 Å². The van der Waals surface area contributed by atoms with Crippen LogP contribution < -0.4 is 11.1 Å². The molecular weight excluding hydrogens is 484 g/mol. The van der Waals surface area contributed by atoms with E-state index >= 15 is 0 Å². The molecule has 6 unspecified atom stereocenters. The van der Waals surface area contributed by atoms with Crippen LogP contribution in [0.1, 0.15) is 84.5 Å². The lowest BCUT2D eigenvalue weighted by atomic mass is 9.66. The molecule has 0 radical (unpaired) electrons. The number of carbonyl (C=O) groups is 2. The molecule has 216 valence electrons. The van der Waals surface area contributed by atoms with Gasteiger partial charge in [-0.2, -0.15) is 0 Å². The zero-order chi connectivity index (χ0) is 27.2. The average Bonchev–Trinajstić information content (AvgIpc) is 2.87. The Kier molecular flexibility index (Phi) is 10.7. The number of aliphatic hydroxyl groups is 1. The second kappa shape index (κ2) is 13.7. The van der Waals surface area contributed by atoms with Crippen LogP contribution in [0.25, 0.3) is 0 Å². The maximum Gasteiger partial charge on any atom is 0.302 e. The Bertz CT molecular complexity index is 821. The van der Waals surface area contributed by atoms with E-state index < -0.39 is 6.10 Å². The number of esters is 2. The van der Waals surface area contributed by atoms with E-state index in [-0.39, 0.29) is 42.3 Å². The number of hydrogen-bond donors (Lipinski definition) is 3. The van der Waals surface area contributed by atoms with E-state index in [1.165, 1.54) is 26.7 Å². The van der Waals surface area contributed by atoms with Gasteiger partial charge in [-0.05, 0) is 81.0 Å². The van der Waals surface area contributed by atoms with Crippen LogP contribution >= 0.6 is 0 Å². The molecule has 4 aliphatic rings. The summed E-state index contributed by atoms with van der Waals surface area (Å²) in [5.74, 6) is 1.97. The van der Waals surface area contributed by atoms with Crippen molar-refractivity contribution in [3.63, 3.8) is 0 Å². The summed E-state index contributed by atoms with van der Waals surface area (Å²) in [6, 6.07) is 0. The van der Waals surface area contributed by atoms with Crippen molar-refractivity contribution in [2.45, 2.75) is 115 Å². The molecule has 3 fully saturated rings. The number of ether oxygens (including phenoxy) is 3. The number of methoxy groups -OCH3 is 1. The van der Waals surface area contributed by atoms with Crippen LogP contribution in [0.3, 0.4) is 0 Å². The van der Waals surface area contributed by atoms with Crippen molar-refractivity contribution in [3.8, 4) is 0 Å². The fraction of sp³-hybridized carbons (Fsp3) is 0.867. The predicted molar refractivity (Wildman–Crippen MR) is 144 cm³/mol. The summed E-state index contributed by atoms with van der Waals surface area (Å²) in [6.45, 7) is 3.95. The predicted octanol–water partition coefficient (Wildman–Crippen LogP) is 2.67. The summed E-state index contributed by atoms with van der Waals surface area (Å²) in [6.07, 6.45) is 13.9. The summed E-state index contributed by atoms with van der Waals surface area (Å²) in [7, 11) is 1.68. The summed E-state index contributed by atoms with van der Waals surface area (Å²) < 4.78 is 17.4. The molecule has 5 N–H and O–H groups in total. The van der Waals surface area contributed by atoms with Gasteiger partial charge in [-0.15, -0.1) is 0 Å². The number of carbonyl (C=O) groups excluding carboxylic acids is 2. The van der Waals surface area contributed by atoms with Crippen LogP contribution in [-0.2, 0) is 23.8 Å². The van der Waals surface area contributed by atoms with Gasteiger partial charge in [0.2, 0.25) is 0 Å². The van der Waals surface area contributed by atoms with E-state index in [1.807, 2.05) is 0 Å². The van der Waals surface area contributed by atoms with E-state index in [9.17, 15) is 14.7 Å². The SMILES string of the molecule is COC1CC(CC[C@H](C[C@@H](OC(C)=O)[C@H]2C=C[C@H]3CCC[C@H]2C3)OC(C)=O)C(C2CC[NH2+]C(N)C2)CC1O. The molecule has 2 bridgehead atoms. The number of fused-ring (bicyclic) bond motifs is 2. The van der Waals surface area contributed by atoms with Crippen LogP contribution in [0.5, 0.6) is 0 Å². The van der Waals surface area contributed by atoms with Gasteiger partial charge < -0.3 is 24.6 Å². The van der Waals surface area contributed by atoms with Gasteiger partial charge in [-0.25, -0.2) is 0 Å². The number of quaternary nitrogens is 1. The zero-order valence-corrected chi connectivity index (χ0v) is 23.6. The van der Waals surface area contributed by atoms with Gasteiger partial charge in [-0.1, -0.05) is 18.6 Å². The highest BCUT2D eigenvalue weighted by Gasteiger charge is 2.43. The molecule has 0 amide bonds. The van der Waals surface area contributed by atoms with Crippen molar-refractivity contribution in [1.82, 2.24) is 0 Å². The fourth-order valence-corrected chi connectivity index (χ4v) is 8.17. The minimum absolute atomic E-state index is 0.118. The van der Waals surface area contributed by atoms with Crippen LogP contribution in [-0.4, -0.2) is 61.3 Å². The van der Waals surface area contributed by atoms with Crippen molar-refractivity contribution in [3.05, 3.63) is 12.2 Å². The Labute approximate surface area is 228 Å². The Morgan fingerprint density at radius 3 is 2.53 bits per heavy atom. The van der Waals surface area contributed by atoms with Gasteiger partial charge in [0.15, 0.2) is 0 Å². The number of aliphatic hydroxyl groups excluding tert-OH is 1. The first-order valence-corrected chi connectivity index (χ1v) is 15.1. The summed E-state index contributed by atoms with van der Waals surface area (Å²) in [5, 5.41) is 13.0. The first-order chi connectivity index (χ1) is 18.2. The largest absolute Gasteiger partial charge is 0.462 e. The molecular formula is C30H51N2O6+. The number of rotatable bonds is 10. The number of piperidine rings is 1. The normalized spacial score (nSPS) is 38.7. The Morgan fingerprint density at radius 1 is 1.03 bits per heavy atom. The standard InChI is InChI=1S/C30H50N2O6/c1-18(33)37-24(16-28(38-19(2)34)25-10-7-20-5-4-6-21(25)13-20)9-8-22-14-29(36-3)27(35)17-26(22)23-11-12-32-30(31)15-23/h7,10,20-30,32,35H,4-6,8-9,11-17,31H2,1-3H3/p+1/t20-,21+,22?,23?,24-,25+,26?,27?,28-,29?,30?/m1/s1. The second-order valence-corrected chi connectivity index (χ2v) is 12.6. The van der Waals surface area contributed by atoms with Crippen molar-refractivity contribution in [2.75, 3.05) is 13.7 Å². The van der Waals surface area contributed by atoms with Crippen LogP contribution in [0.2, 0.25) is 0 Å². The molecule has 1 aliphatic heterocycles. The zero-order valence-electron chi connectivity index (χ0n) is 23.6. The summed E-state index contributed by atoms with van der Waals surface area (Å²) in [5.41, 5.74) is 6.30. The highest BCUT2D eigenvalue weighted by Crippen LogP contribution is 2.44. The third-order valence-electron chi connectivity index (χ3n) is 9.91. The van der Waals surface area contributed by atoms with E-state index in [0.717, 1.165) is 51.5 Å². The van der Waals surface area contributed by atoms with E-state index in [4.69, 9.17) is 19.9 Å². The molecule has 11 atom stereocenters. The van der Waals surface area contributed by atoms with Crippen LogP contribution in [0.4, 0.5) is 0 Å². The molecule has 4 rings (SSSR count). The average molecular weight is 536 g/mol. The van der Waals surface area contributed by atoms with E-state index in [0.29, 0.717) is 42.4 Å². The molecule has 0 aromatic rings. The Balaban J connectivity index is 1.46. The van der Waals surface area contributed by atoms with Crippen LogP contribution in [0.15, 0.2) is 12.2 Å². The Hall–Kier alpha value is -1.48. The lowest BCUT2D eigenvalue weighted by Gasteiger charge is -2.44. The lowest BCUT2D eigenvalue weighted by molar-refractivity contribution is -0.699. The number of hydrogen-bond acceptors (Lipinski definition) is 7. The first kappa shape index (κ1) is 29.5. The number of allylic oxidation sites excluding steroid dienone is 1. The molecule has 8 nitrogen and oxygen atoms in total. The fourth-order valence-electron chi connectivity index (χ4n) is 8.17. The first-order valence-electron chi connectivity index (χ1n) is 15.1. The highest BCUT2D eigenvalue weighted by atomic mass is 16.6. The third kappa shape index (κ3) is 7.80. The van der Waals surface area contributed by atoms with Crippen molar-refractivity contribution in [2.24, 2.45) is 41.2 Å². The second-order valence-electron chi connectivity index (χ2n) is 12.6. The Morgan fingerprint density at radius 2 is 1.82 bits per heavy atom. The maximum atomic E-state index is 12.1. The van der Waals surface area contributed by atoms with Gasteiger partial charge in [0.05, 0.1) is 18.8 Å². The molecule has 0 spiro atoms. The van der Waals surface area contributed by atoms with Crippen LogP contribution in [0, 0.1) is 35.5 Å². The van der Waals surface area contributed by atoms with Crippen molar-refractivity contribution in [1.29, 1.82) is 0 Å². The molecule has 2 saturated carbocycles. The quantitative estimate of drug-likeness (QED) is 0.290. The highest BCUT2D eigenvalue weighted by molar-refractivity contribution is 5.66. The molecule has 1 heterocycles.